The first kappa shape index (κ1) is 17.7. The van der Waals surface area contributed by atoms with E-state index in [1.165, 1.54) is 0 Å². The molecule has 5 nitrogen and oxygen atoms in total. The number of benzene rings is 2. The fourth-order valence-electron chi connectivity index (χ4n) is 1.79. The van der Waals surface area contributed by atoms with Crippen molar-refractivity contribution >= 4 is 50.6 Å². The van der Waals surface area contributed by atoms with Crippen LogP contribution in [0.2, 0.25) is 0 Å². The number of halogens is 2. The van der Waals surface area contributed by atoms with Crippen molar-refractivity contribution in [2.45, 2.75) is 0 Å². The lowest BCUT2D eigenvalue weighted by Crippen LogP contribution is -2.17. The first-order valence-corrected chi connectivity index (χ1v) is 8.43. The van der Waals surface area contributed by atoms with Crippen LogP contribution in [-0.4, -0.2) is 26.3 Å². The van der Waals surface area contributed by atoms with Gasteiger partial charge in [-0.05, 0) is 80.5 Å². The van der Waals surface area contributed by atoms with E-state index in [2.05, 4.69) is 49.0 Å². The Bertz CT molecular complexity index is 750. The molecule has 0 bridgehead atoms. The summed E-state index contributed by atoms with van der Waals surface area (Å²) in [5.41, 5.74) is 3.81. The van der Waals surface area contributed by atoms with Crippen LogP contribution in [0.25, 0.3) is 0 Å². The summed E-state index contributed by atoms with van der Waals surface area (Å²) in [5.74, 6) is 1.09. The Kier molecular flexibility index (Phi) is 6.40. The Hall–Kier alpha value is -1.61. The maximum absolute atomic E-state index is 12.1. The molecule has 0 radical (unpaired) electrons. The third-order valence-electron chi connectivity index (χ3n) is 2.97. The predicted octanol–water partition coefficient (Wildman–Crippen LogP) is 3.83. The lowest BCUT2D eigenvalue weighted by Gasteiger charge is -2.06. The molecule has 0 atom stereocenters. The van der Waals surface area contributed by atoms with Gasteiger partial charge in [0.15, 0.2) is 0 Å². The Morgan fingerprint density at radius 3 is 2.57 bits per heavy atom. The van der Waals surface area contributed by atoms with E-state index in [9.17, 15) is 4.79 Å². The minimum Gasteiger partial charge on any atom is -0.496 e. The monoisotopic (exact) mass is 488 g/mol. The molecule has 0 spiro atoms. The first-order valence-electron chi connectivity index (χ1n) is 6.55. The van der Waals surface area contributed by atoms with Gasteiger partial charge >= 0.3 is 0 Å². The number of hydrazone groups is 1. The van der Waals surface area contributed by atoms with Gasteiger partial charge in [0.2, 0.25) is 0 Å². The summed E-state index contributed by atoms with van der Waals surface area (Å²) in [4.78, 5) is 12.1. The molecule has 0 heterocycles. The smallest absolute Gasteiger partial charge is 0.271 e. The van der Waals surface area contributed by atoms with Crippen LogP contribution < -0.4 is 14.9 Å². The van der Waals surface area contributed by atoms with Gasteiger partial charge in [-0.2, -0.15) is 5.10 Å². The summed E-state index contributed by atoms with van der Waals surface area (Å²) in [5, 5.41) is 3.96. The Balaban J connectivity index is 2.05. The van der Waals surface area contributed by atoms with E-state index >= 15 is 0 Å². The summed E-state index contributed by atoms with van der Waals surface area (Å²) < 4.78 is 12.1. The maximum Gasteiger partial charge on any atom is 0.271 e. The molecule has 0 fully saturated rings. The van der Waals surface area contributed by atoms with Gasteiger partial charge in [-0.25, -0.2) is 5.43 Å². The molecule has 1 N–H and O–H groups in total. The number of amides is 1. The Morgan fingerprint density at radius 2 is 1.91 bits per heavy atom. The van der Waals surface area contributed by atoms with Crippen molar-refractivity contribution in [2.75, 3.05) is 14.2 Å². The van der Waals surface area contributed by atoms with Crippen LogP contribution >= 0.6 is 38.5 Å². The lowest BCUT2D eigenvalue weighted by atomic mass is 10.2. The van der Waals surface area contributed by atoms with Crippen molar-refractivity contribution in [3.05, 3.63) is 55.6 Å². The largest absolute Gasteiger partial charge is 0.496 e. The van der Waals surface area contributed by atoms with E-state index in [1.807, 2.05) is 24.3 Å². The molecule has 0 saturated heterocycles. The summed E-state index contributed by atoms with van der Waals surface area (Å²) in [6.07, 6.45) is 1.56. The van der Waals surface area contributed by atoms with E-state index in [0.717, 1.165) is 19.4 Å². The number of nitrogens with zero attached hydrogens (tertiary/aromatic N) is 1. The van der Waals surface area contributed by atoms with Crippen LogP contribution in [0.4, 0.5) is 0 Å². The van der Waals surface area contributed by atoms with Gasteiger partial charge in [0, 0.05) is 5.56 Å². The number of carbonyl (C=O) groups excluding carboxylic acids is 1. The van der Waals surface area contributed by atoms with E-state index in [1.54, 1.807) is 32.6 Å². The molecule has 0 unspecified atom stereocenters. The van der Waals surface area contributed by atoms with Crippen LogP contribution in [0.5, 0.6) is 11.5 Å². The number of methoxy groups -OCH3 is 2. The Labute approximate surface area is 156 Å². The topological polar surface area (TPSA) is 59.9 Å². The molecule has 0 aliphatic heterocycles. The quantitative estimate of drug-likeness (QED) is 0.395. The molecule has 2 aromatic carbocycles. The molecule has 23 heavy (non-hydrogen) atoms. The molecule has 0 aliphatic rings. The predicted molar refractivity (Wildman–Crippen MR) is 101 cm³/mol. The van der Waals surface area contributed by atoms with Crippen molar-refractivity contribution in [1.29, 1.82) is 0 Å². The first-order chi connectivity index (χ1) is 11.0. The fraction of sp³-hybridized carbons (Fsp3) is 0.125. The number of rotatable bonds is 5. The van der Waals surface area contributed by atoms with Crippen LogP contribution in [0.1, 0.15) is 15.9 Å². The number of carbonyl (C=O) groups is 1. The normalized spacial score (nSPS) is 10.6. The van der Waals surface area contributed by atoms with Crippen molar-refractivity contribution in [2.24, 2.45) is 5.10 Å². The maximum atomic E-state index is 12.1. The second-order valence-electron chi connectivity index (χ2n) is 4.44. The highest BCUT2D eigenvalue weighted by atomic mass is 127. The van der Waals surface area contributed by atoms with Gasteiger partial charge < -0.3 is 9.47 Å². The molecule has 1 amide bonds. The molecular formula is C16H14BrIN2O3. The summed E-state index contributed by atoms with van der Waals surface area (Å²) in [6.45, 7) is 0. The van der Waals surface area contributed by atoms with Gasteiger partial charge in [0.1, 0.15) is 11.5 Å². The molecule has 120 valence electrons. The van der Waals surface area contributed by atoms with Crippen LogP contribution in [-0.2, 0) is 0 Å². The van der Waals surface area contributed by atoms with E-state index < -0.39 is 0 Å². The van der Waals surface area contributed by atoms with Gasteiger partial charge in [-0.15, -0.1) is 0 Å². The number of ether oxygens (including phenoxy) is 2. The van der Waals surface area contributed by atoms with Crippen LogP contribution in [0, 0.1) is 3.57 Å². The molecule has 7 heteroatoms. The highest BCUT2D eigenvalue weighted by Gasteiger charge is 2.08. The minimum atomic E-state index is -0.302. The van der Waals surface area contributed by atoms with E-state index in [-0.39, 0.29) is 5.91 Å². The molecule has 2 aromatic rings. The third-order valence-corrected chi connectivity index (χ3v) is 4.48. The van der Waals surface area contributed by atoms with Gasteiger partial charge in [-0.3, -0.25) is 4.79 Å². The Morgan fingerprint density at radius 1 is 1.17 bits per heavy atom. The van der Waals surface area contributed by atoms with Crippen molar-refractivity contribution in [1.82, 2.24) is 5.43 Å². The van der Waals surface area contributed by atoms with Gasteiger partial charge in [-0.1, -0.05) is 0 Å². The third kappa shape index (κ3) is 4.68. The molecular weight excluding hydrogens is 475 g/mol. The second kappa shape index (κ2) is 8.30. The van der Waals surface area contributed by atoms with E-state index in [0.29, 0.717) is 11.3 Å². The summed E-state index contributed by atoms with van der Waals surface area (Å²) in [6, 6.07) is 10.7. The molecule has 2 rings (SSSR count). The van der Waals surface area contributed by atoms with Crippen molar-refractivity contribution < 1.29 is 14.3 Å². The zero-order valence-corrected chi connectivity index (χ0v) is 16.2. The molecule has 0 saturated carbocycles. The lowest BCUT2D eigenvalue weighted by molar-refractivity contribution is 0.0954. The SMILES string of the molecule is COc1ccc(/C=N\NC(=O)c2ccc(I)c(OC)c2)cc1Br. The minimum absolute atomic E-state index is 0.302. The summed E-state index contributed by atoms with van der Waals surface area (Å²) >= 11 is 5.54. The average molecular weight is 489 g/mol. The highest BCUT2D eigenvalue weighted by molar-refractivity contribution is 14.1. The second-order valence-corrected chi connectivity index (χ2v) is 6.46. The van der Waals surface area contributed by atoms with Crippen molar-refractivity contribution in [3.63, 3.8) is 0 Å². The van der Waals surface area contributed by atoms with Gasteiger partial charge in [0.05, 0.1) is 28.5 Å². The average Bonchev–Trinajstić information content (AvgIpc) is 2.55. The molecule has 0 aliphatic carbocycles. The number of hydrogen-bond donors (Lipinski definition) is 1. The number of hydrogen-bond acceptors (Lipinski definition) is 4. The zero-order chi connectivity index (χ0) is 16.8. The van der Waals surface area contributed by atoms with Gasteiger partial charge in [0.25, 0.3) is 5.91 Å². The van der Waals surface area contributed by atoms with Crippen molar-refractivity contribution in [3.8, 4) is 11.5 Å². The highest BCUT2D eigenvalue weighted by Crippen LogP contribution is 2.25. The number of nitrogens with one attached hydrogen (secondary N) is 1. The van der Waals surface area contributed by atoms with Crippen LogP contribution in [0.3, 0.4) is 0 Å². The summed E-state index contributed by atoms with van der Waals surface area (Å²) in [7, 11) is 3.17. The van der Waals surface area contributed by atoms with E-state index in [4.69, 9.17) is 9.47 Å². The zero-order valence-electron chi connectivity index (χ0n) is 12.5. The van der Waals surface area contributed by atoms with Crippen LogP contribution in [0.15, 0.2) is 46.0 Å². The fourth-order valence-corrected chi connectivity index (χ4v) is 2.91. The standard InChI is InChI=1S/C16H14BrIN2O3/c1-22-14-6-3-10(7-12(14)17)9-19-20-16(21)11-4-5-13(18)15(8-11)23-2/h3-9H,1-2H3,(H,20,21)/b19-9-. The molecule has 0 aromatic heterocycles.